The second kappa shape index (κ2) is 8.00. The zero-order valence-electron chi connectivity index (χ0n) is 14.2. The second-order valence-electron chi connectivity index (χ2n) is 6.13. The van der Waals surface area contributed by atoms with E-state index in [1.54, 1.807) is 12.1 Å². The summed E-state index contributed by atoms with van der Waals surface area (Å²) in [6.45, 7) is 4.16. The summed E-state index contributed by atoms with van der Waals surface area (Å²) in [6.07, 6.45) is 3.44. The van der Waals surface area contributed by atoms with Gasteiger partial charge in [0.1, 0.15) is 11.3 Å². The fourth-order valence-corrected chi connectivity index (χ4v) is 3.46. The predicted octanol–water partition coefficient (Wildman–Crippen LogP) is 4.87. The summed E-state index contributed by atoms with van der Waals surface area (Å²) in [7, 11) is 0. The molecular formula is C18H17ClF2N2O2S. The lowest BCUT2D eigenvalue weighted by atomic mass is 10.2. The average Bonchev–Trinajstić information content (AvgIpc) is 2.93. The molecule has 0 saturated carbocycles. The molecule has 8 heteroatoms. The van der Waals surface area contributed by atoms with Crippen molar-refractivity contribution in [3.63, 3.8) is 0 Å². The van der Waals surface area contributed by atoms with Crippen LogP contribution in [0.2, 0.25) is 5.15 Å². The Balaban J connectivity index is 1.68. The summed E-state index contributed by atoms with van der Waals surface area (Å²) < 4.78 is 38.2. The van der Waals surface area contributed by atoms with Crippen molar-refractivity contribution in [1.82, 2.24) is 9.97 Å². The second-order valence-corrected chi connectivity index (χ2v) is 7.46. The van der Waals surface area contributed by atoms with Crippen molar-refractivity contribution in [3.8, 4) is 0 Å². The van der Waals surface area contributed by atoms with Crippen LogP contribution in [0.3, 0.4) is 0 Å². The summed E-state index contributed by atoms with van der Waals surface area (Å²) in [5.74, 6) is -2.14. The molecule has 1 saturated heterocycles. The van der Waals surface area contributed by atoms with Gasteiger partial charge in [0.25, 0.3) is 0 Å². The van der Waals surface area contributed by atoms with E-state index in [1.807, 2.05) is 19.9 Å². The minimum atomic E-state index is -0.875. The van der Waals surface area contributed by atoms with Crippen LogP contribution in [0.1, 0.15) is 25.1 Å². The predicted molar refractivity (Wildman–Crippen MR) is 96.9 cm³/mol. The van der Waals surface area contributed by atoms with E-state index in [4.69, 9.17) is 21.1 Å². The van der Waals surface area contributed by atoms with Gasteiger partial charge in [0.05, 0.1) is 12.3 Å². The molecule has 0 radical (unpaired) electrons. The summed E-state index contributed by atoms with van der Waals surface area (Å²) in [4.78, 5) is 8.48. The van der Waals surface area contributed by atoms with Gasteiger partial charge in [-0.05, 0) is 26.0 Å². The Kier molecular flexibility index (Phi) is 5.92. The first-order valence-corrected chi connectivity index (χ1v) is 9.29. The molecule has 0 aliphatic carbocycles. The zero-order valence-corrected chi connectivity index (χ0v) is 15.8. The summed E-state index contributed by atoms with van der Waals surface area (Å²) in [6, 6.07) is 5.69. The fourth-order valence-electron chi connectivity index (χ4n) is 2.38. The van der Waals surface area contributed by atoms with Crippen LogP contribution in [0.15, 0.2) is 35.5 Å². The number of nitrogens with zero attached hydrogens (tertiary/aromatic N) is 2. The maximum absolute atomic E-state index is 13.7. The molecule has 0 bridgehead atoms. The van der Waals surface area contributed by atoms with E-state index in [2.05, 4.69) is 9.97 Å². The third kappa shape index (κ3) is 5.01. The summed E-state index contributed by atoms with van der Waals surface area (Å²) in [5, 5.41) is 0.649. The Morgan fingerprint density at radius 1 is 1.35 bits per heavy atom. The number of hydrogen-bond donors (Lipinski definition) is 0. The molecular weight excluding hydrogens is 382 g/mol. The van der Waals surface area contributed by atoms with E-state index < -0.39 is 17.4 Å². The lowest BCUT2D eigenvalue weighted by molar-refractivity contribution is -0.133. The van der Waals surface area contributed by atoms with Crippen molar-refractivity contribution in [2.24, 2.45) is 0 Å². The van der Waals surface area contributed by atoms with Crippen molar-refractivity contribution in [1.29, 1.82) is 0 Å². The molecule has 0 amide bonds. The van der Waals surface area contributed by atoms with Gasteiger partial charge in [-0.25, -0.2) is 18.7 Å². The molecule has 1 aromatic heterocycles. The van der Waals surface area contributed by atoms with Crippen LogP contribution in [0.4, 0.5) is 8.78 Å². The molecule has 1 aliphatic rings. The lowest BCUT2D eigenvalue weighted by Gasteiger charge is -2.15. The highest BCUT2D eigenvalue weighted by Gasteiger charge is 2.30. The van der Waals surface area contributed by atoms with E-state index in [9.17, 15) is 8.78 Å². The van der Waals surface area contributed by atoms with Gasteiger partial charge in [0.15, 0.2) is 22.6 Å². The first kappa shape index (κ1) is 19.2. The highest BCUT2D eigenvalue weighted by Crippen LogP contribution is 2.25. The molecule has 4 nitrogen and oxygen atoms in total. The molecule has 3 rings (SSSR count). The van der Waals surface area contributed by atoms with Gasteiger partial charge in [-0.2, -0.15) is 0 Å². The van der Waals surface area contributed by atoms with Crippen LogP contribution in [0.5, 0.6) is 0 Å². The minimum absolute atomic E-state index is 0.170. The first-order valence-electron chi connectivity index (χ1n) is 7.93. The smallest absolute Gasteiger partial charge is 0.189 e. The normalized spacial score (nSPS) is 19.3. The van der Waals surface area contributed by atoms with Crippen molar-refractivity contribution in [2.45, 2.75) is 36.6 Å². The molecule has 1 aromatic carbocycles. The number of ether oxygens (including phenoxy) is 2. The van der Waals surface area contributed by atoms with Crippen LogP contribution in [0.25, 0.3) is 6.08 Å². The fraction of sp³-hybridized carbons (Fsp3) is 0.333. The average molecular weight is 399 g/mol. The third-order valence-corrected chi connectivity index (χ3v) is 4.68. The number of rotatable bonds is 5. The minimum Gasteiger partial charge on any atom is -0.347 e. The van der Waals surface area contributed by atoms with Crippen LogP contribution in [-0.4, -0.2) is 28.5 Å². The van der Waals surface area contributed by atoms with Crippen LogP contribution in [0, 0.1) is 11.6 Å². The Morgan fingerprint density at radius 2 is 2.15 bits per heavy atom. The Bertz CT molecular complexity index is 833. The largest absolute Gasteiger partial charge is 0.347 e. The van der Waals surface area contributed by atoms with Crippen molar-refractivity contribution in [3.05, 3.63) is 58.4 Å². The summed E-state index contributed by atoms with van der Waals surface area (Å²) in [5.41, 5.74) is 0.843. The molecule has 138 valence electrons. The van der Waals surface area contributed by atoms with Gasteiger partial charge in [-0.15, -0.1) is 0 Å². The maximum atomic E-state index is 13.7. The van der Waals surface area contributed by atoms with E-state index in [0.29, 0.717) is 17.5 Å². The van der Waals surface area contributed by atoms with Gasteiger partial charge < -0.3 is 9.47 Å². The quantitative estimate of drug-likeness (QED) is 0.408. The number of benzene rings is 1. The van der Waals surface area contributed by atoms with Gasteiger partial charge in [-0.1, -0.05) is 41.6 Å². The van der Waals surface area contributed by atoms with Crippen molar-refractivity contribution >= 4 is 29.4 Å². The molecule has 1 atom stereocenters. The SMILES string of the molecule is CC1(C)OCC(C=Cc2cc(Cl)nc(SCc3cccc(F)c3F)n2)O1. The first-order chi connectivity index (χ1) is 12.3. The maximum Gasteiger partial charge on any atom is 0.189 e. The number of hydrogen-bond acceptors (Lipinski definition) is 5. The Hall–Kier alpha value is -1.54. The molecule has 0 N–H and O–H groups in total. The zero-order chi connectivity index (χ0) is 18.7. The van der Waals surface area contributed by atoms with Crippen LogP contribution >= 0.6 is 23.4 Å². The number of thioether (sulfide) groups is 1. The highest BCUT2D eigenvalue weighted by molar-refractivity contribution is 7.98. The topological polar surface area (TPSA) is 44.2 Å². The van der Waals surface area contributed by atoms with Crippen LogP contribution < -0.4 is 0 Å². The highest BCUT2D eigenvalue weighted by atomic mass is 35.5. The Labute approximate surface area is 159 Å². The molecule has 2 heterocycles. The lowest BCUT2D eigenvalue weighted by Crippen LogP contribution is -2.20. The van der Waals surface area contributed by atoms with Crippen LogP contribution in [-0.2, 0) is 15.2 Å². The van der Waals surface area contributed by atoms with E-state index in [0.717, 1.165) is 6.07 Å². The van der Waals surface area contributed by atoms with Crippen molar-refractivity contribution in [2.75, 3.05) is 6.61 Å². The van der Waals surface area contributed by atoms with E-state index >= 15 is 0 Å². The standard InChI is InChI=1S/C18H17ClF2N2O2S/c1-18(2)24-9-13(25-18)7-6-12-8-15(19)23-17(22-12)26-10-11-4-3-5-14(20)16(11)21/h3-8,13H,9-10H2,1-2H3. The Morgan fingerprint density at radius 3 is 2.88 bits per heavy atom. The molecule has 1 aliphatic heterocycles. The van der Waals surface area contributed by atoms with Gasteiger partial charge in [0.2, 0.25) is 0 Å². The number of aromatic nitrogens is 2. The molecule has 2 aromatic rings. The van der Waals surface area contributed by atoms with Gasteiger partial charge in [0, 0.05) is 17.4 Å². The number of halogens is 3. The van der Waals surface area contributed by atoms with Gasteiger partial charge in [-0.3, -0.25) is 0 Å². The van der Waals surface area contributed by atoms with E-state index in [-0.39, 0.29) is 22.6 Å². The third-order valence-electron chi connectivity index (χ3n) is 3.59. The monoisotopic (exact) mass is 398 g/mol. The molecule has 1 unspecified atom stereocenters. The molecule has 26 heavy (non-hydrogen) atoms. The summed E-state index contributed by atoms with van der Waals surface area (Å²) >= 11 is 7.22. The van der Waals surface area contributed by atoms with Crippen molar-refractivity contribution < 1.29 is 18.3 Å². The molecule has 1 fully saturated rings. The van der Waals surface area contributed by atoms with Gasteiger partial charge >= 0.3 is 0 Å². The van der Waals surface area contributed by atoms with E-state index in [1.165, 1.54) is 23.9 Å². The molecule has 0 spiro atoms.